The average molecular weight is 389 g/mol. The molecule has 0 radical (unpaired) electrons. The molecule has 1 amide bonds. The van der Waals surface area contributed by atoms with Crippen molar-refractivity contribution >= 4 is 29.3 Å². The molecule has 2 N–H and O–H groups in total. The quantitative estimate of drug-likeness (QED) is 0.409. The number of anilines is 1. The van der Waals surface area contributed by atoms with Gasteiger partial charge in [-0.1, -0.05) is 31.2 Å². The van der Waals surface area contributed by atoms with Gasteiger partial charge in [-0.05, 0) is 38.5 Å². The van der Waals surface area contributed by atoms with Crippen molar-refractivity contribution in [1.82, 2.24) is 9.97 Å². The first-order chi connectivity index (χ1) is 12.9. The molecule has 0 saturated carbocycles. The number of thioether (sulfide) groups is 1. The Balaban J connectivity index is 2.05. The second kappa shape index (κ2) is 9.91. The Morgan fingerprint density at radius 2 is 2.07 bits per heavy atom. The monoisotopic (exact) mass is 389 g/mol. The maximum Gasteiger partial charge on any atom is 0.338 e. The summed E-state index contributed by atoms with van der Waals surface area (Å²) in [6, 6.07) is 8.03. The molecule has 7 nitrogen and oxygen atoms in total. The summed E-state index contributed by atoms with van der Waals surface area (Å²) in [5.74, 6) is -0.699. The van der Waals surface area contributed by atoms with E-state index in [1.165, 1.54) is 17.8 Å². The lowest BCUT2D eigenvalue weighted by Gasteiger charge is -2.12. The number of H-pyrrole nitrogens is 1. The van der Waals surface area contributed by atoms with E-state index in [1.54, 1.807) is 38.1 Å². The number of rotatable bonds is 8. The second-order valence-corrected chi connectivity index (χ2v) is 7.17. The minimum atomic E-state index is -0.490. The predicted octanol–water partition coefficient (Wildman–Crippen LogP) is 3.02. The number of aromatic amines is 1. The Hall–Kier alpha value is -2.61. The maximum absolute atomic E-state index is 12.5. The van der Waals surface area contributed by atoms with Gasteiger partial charge in [0.05, 0.1) is 17.4 Å². The number of nitrogens with one attached hydrogen (secondary N) is 2. The molecular weight excluding hydrogens is 366 g/mol. The van der Waals surface area contributed by atoms with Crippen molar-refractivity contribution in [1.29, 1.82) is 0 Å². The van der Waals surface area contributed by atoms with Crippen molar-refractivity contribution in [3.8, 4) is 0 Å². The Bertz CT molecular complexity index is 866. The number of carbonyl (C=O) groups is 2. The van der Waals surface area contributed by atoms with Gasteiger partial charge in [0, 0.05) is 17.4 Å². The third-order valence-corrected chi connectivity index (χ3v) is 4.56. The molecule has 0 bridgehead atoms. The fourth-order valence-electron chi connectivity index (χ4n) is 2.33. The van der Waals surface area contributed by atoms with Gasteiger partial charge in [0.25, 0.3) is 5.56 Å². The number of esters is 1. The van der Waals surface area contributed by atoms with E-state index in [9.17, 15) is 14.4 Å². The van der Waals surface area contributed by atoms with Crippen molar-refractivity contribution in [2.45, 2.75) is 44.0 Å². The van der Waals surface area contributed by atoms with Crippen LogP contribution in [-0.2, 0) is 16.0 Å². The van der Waals surface area contributed by atoms with Gasteiger partial charge in [-0.2, -0.15) is 0 Å². The fourth-order valence-corrected chi connectivity index (χ4v) is 3.16. The highest BCUT2D eigenvalue weighted by atomic mass is 32.2. The summed E-state index contributed by atoms with van der Waals surface area (Å²) in [5.41, 5.74) is 1.34. The standard InChI is InChI=1S/C19H23N3O4S/c1-4-7-14-11-16(23)22-19(21-14)27-12(3)17(24)20-15-9-6-8-13(10-15)18(25)26-5-2/h6,8-12H,4-5,7H2,1-3H3,(H,20,24)(H,21,22,23). The van der Waals surface area contributed by atoms with E-state index >= 15 is 0 Å². The van der Waals surface area contributed by atoms with E-state index in [1.807, 2.05) is 6.92 Å². The molecule has 0 aliphatic carbocycles. The first-order valence-electron chi connectivity index (χ1n) is 8.77. The molecule has 1 atom stereocenters. The van der Waals surface area contributed by atoms with E-state index in [2.05, 4.69) is 15.3 Å². The van der Waals surface area contributed by atoms with Crippen LogP contribution in [-0.4, -0.2) is 33.7 Å². The van der Waals surface area contributed by atoms with Crippen LogP contribution in [0.15, 0.2) is 40.3 Å². The van der Waals surface area contributed by atoms with Crippen LogP contribution in [0.3, 0.4) is 0 Å². The lowest BCUT2D eigenvalue weighted by Crippen LogP contribution is -2.23. The predicted molar refractivity (Wildman–Crippen MR) is 105 cm³/mol. The van der Waals surface area contributed by atoms with Crippen molar-refractivity contribution in [3.63, 3.8) is 0 Å². The number of aryl methyl sites for hydroxylation is 1. The van der Waals surface area contributed by atoms with E-state index in [0.29, 0.717) is 28.5 Å². The van der Waals surface area contributed by atoms with Crippen LogP contribution in [0.5, 0.6) is 0 Å². The molecule has 2 rings (SSSR count). The van der Waals surface area contributed by atoms with E-state index in [4.69, 9.17) is 4.74 Å². The van der Waals surface area contributed by atoms with E-state index in [0.717, 1.165) is 6.42 Å². The van der Waals surface area contributed by atoms with Crippen LogP contribution in [0.4, 0.5) is 5.69 Å². The first-order valence-corrected chi connectivity index (χ1v) is 9.65. The molecular formula is C19H23N3O4S. The third-order valence-electron chi connectivity index (χ3n) is 3.58. The first kappa shape index (κ1) is 20.7. The zero-order valence-electron chi connectivity index (χ0n) is 15.6. The molecule has 1 aromatic carbocycles. The number of amides is 1. The molecule has 0 aliphatic heterocycles. The van der Waals surface area contributed by atoms with Crippen molar-refractivity contribution in [2.75, 3.05) is 11.9 Å². The minimum absolute atomic E-state index is 0.231. The third kappa shape index (κ3) is 6.25. The van der Waals surface area contributed by atoms with Gasteiger partial charge in [-0.15, -0.1) is 0 Å². The molecule has 8 heteroatoms. The summed E-state index contributed by atoms with van der Waals surface area (Å²) in [6.45, 7) is 5.75. The second-order valence-electron chi connectivity index (χ2n) is 5.84. The van der Waals surface area contributed by atoms with Crippen molar-refractivity contribution in [2.24, 2.45) is 0 Å². The highest BCUT2D eigenvalue weighted by Gasteiger charge is 2.17. The molecule has 0 saturated heterocycles. The summed E-state index contributed by atoms with van der Waals surface area (Å²) < 4.78 is 4.96. The Kier molecular flexibility index (Phi) is 7.60. The SMILES string of the molecule is CCCc1cc(=O)[nH]c(SC(C)C(=O)Nc2cccc(C(=O)OCC)c2)n1. The molecule has 2 aromatic rings. The molecule has 1 heterocycles. The zero-order valence-corrected chi connectivity index (χ0v) is 16.4. The van der Waals surface area contributed by atoms with Crippen LogP contribution < -0.4 is 10.9 Å². The molecule has 1 aromatic heterocycles. The lowest BCUT2D eigenvalue weighted by atomic mass is 10.2. The van der Waals surface area contributed by atoms with Crippen molar-refractivity contribution in [3.05, 3.63) is 51.9 Å². The summed E-state index contributed by atoms with van der Waals surface area (Å²) in [6.07, 6.45) is 1.59. The lowest BCUT2D eigenvalue weighted by molar-refractivity contribution is -0.115. The highest BCUT2D eigenvalue weighted by Crippen LogP contribution is 2.21. The highest BCUT2D eigenvalue weighted by molar-refractivity contribution is 8.00. The zero-order chi connectivity index (χ0) is 19.8. The van der Waals surface area contributed by atoms with E-state index in [-0.39, 0.29) is 18.1 Å². The van der Waals surface area contributed by atoms with Gasteiger partial charge in [-0.3, -0.25) is 9.59 Å². The Morgan fingerprint density at radius 3 is 2.78 bits per heavy atom. The number of hydrogen-bond donors (Lipinski definition) is 2. The topological polar surface area (TPSA) is 101 Å². The number of nitrogens with zero attached hydrogens (tertiary/aromatic N) is 1. The van der Waals surface area contributed by atoms with Crippen molar-refractivity contribution < 1.29 is 14.3 Å². The van der Waals surface area contributed by atoms with Gasteiger partial charge in [0.15, 0.2) is 5.16 Å². The van der Waals surface area contributed by atoms with Crippen LogP contribution in [0.25, 0.3) is 0 Å². The average Bonchev–Trinajstić information content (AvgIpc) is 2.62. The summed E-state index contributed by atoms with van der Waals surface area (Å²) in [7, 11) is 0. The van der Waals surface area contributed by atoms with E-state index < -0.39 is 11.2 Å². The molecule has 1 unspecified atom stereocenters. The number of aromatic nitrogens is 2. The normalized spacial score (nSPS) is 11.7. The smallest absolute Gasteiger partial charge is 0.338 e. The summed E-state index contributed by atoms with van der Waals surface area (Å²) in [4.78, 5) is 43.0. The van der Waals surface area contributed by atoms with Gasteiger partial charge in [0.2, 0.25) is 5.91 Å². The molecule has 0 fully saturated rings. The molecule has 0 spiro atoms. The van der Waals surface area contributed by atoms with Crippen LogP contribution in [0, 0.1) is 0 Å². The maximum atomic E-state index is 12.5. The Labute approximate surface area is 161 Å². The molecule has 27 heavy (non-hydrogen) atoms. The number of benzene rings is 1. The summed E-state index contributed by atoms with van der Waals surface area (Å²) in [5, 5.41) is 2.69. The van der Waals surface area contributed by atoms with Crippen LogP contribution in [0.2, 0.25) is 0 Å². The largest absolute Gasteiger partial charge is 0.462 e. The molecule has 144 valence electrons. The summed E-state index contributed by atoms with van der Waals surface area (Å²) >= 11 is 1.17. The Morgan fingerprint density at radius 1 is 1.30 bits per heavy atom. The van der Waals surface area contributed by atoms with Gasteiger partial charge in [-0.25, -0.2) is 9.78 Å². The van der Waals surface area contributed by atoms with Gasteiger partial charge in [0.1, 0.15) is 0 Å². The minimum Gasteiger partial charge on any atom is -0.462 e. The number of ether oxygens (including phenoxy) is 1. The number of carbonyl (C=O) groups excluding carboxylic acids is 2. The number of hydrogen-bond acceptors (Lipinski definition) is 6. The van der Waals surface area contributed by atoms with Crippen LogP contribution in [0.1, 0.15) is 43.2 Å². The van der Waals surface area contributed by atoms with Gasteiger partial charge < -0.3 is 15.0 Å². The van der Waals surface area contributed by atoms with Crippen LogP contribution >= 0.6 is 11.8 Å². The fraction of sp³-hybridized carbons (Fsp3) is 0.368. The van der Waals surface area contributed by atoms with Gasteiger partial charge >= 0.3 is 5.97 Å². The molecule has 0 aliphatic rings.